The normalized spacial score (nSPS) is 10.6. The molecule has 0 amide bonds. The van der Waals surface area contributed by atoms with Crippen LogP contribution in [-0.2, 0) is 13.0 Å². The van der Waals surface area contributed by atoms with Crippen molar-refractivity contribution in [2.45, 2.75) is 39.7 Å². The van der Waals surface area contributed by atoms with Crippen LogP contribution in [0.4, 0.5) is 0 Å². The lowest BCUT2D eigenvalue weighted by Crippen LogP contribution is -1.91. The molecule has 0 aliphatic carbocycles. The van der Waals surface area contributed by atoms with Crippen molar-refractivity contribution in [2.75, 3.05) is 0 Å². The molecule has 0 bridgehead atoms. The Balaban J connectivity index is 2.06. The third-order valence-electron chi connectivity index (χ3n) is 3.39. The topological polar surface area (TPSA) is 29.5 Å². The zero-order valence-corrected chi connectivity index (χ0v) is 12.2. The Morgan fingerprint density at radius 2 is 1.70 bits per heavy atom. The molecule has 0 unspecified atom stereocenters. The lowest BCUT2D eigenvalue weighted by atomic mass is 10.1. The maximum atomic E-state index is 9.10. The lowest BCUT2D eigenvalue weighted by molar-refractivity contribution is 0.281. The summed E-state index contributed by atoms with van der Waals surface area (Å²) in [5.41, 5.74) is 3.29. The standard InChI is InChI=1S/C18H22O2/c1-3-4-5-15-6-9-17(10-7-15)20-18-11-8-16(13-19)12-14(18)2/h6-12,19H,3-5,13H2,1-2H3. The van der Waals surface area contributed by atoms with Crippen LogP contribution in [0.15, 0.2) is 42.5 Å². The first-order valence-corrected chi connectivity index (χ1v) is 7.20. The van der Waals surface area contributed by atoms with Crippen LogP contribution < -0.4 is 4.74 Å². The molecule has 1 N–H and O–H groups in total. The highest BCUT2D eigenvalue weighted by Gasteiger charge is 2.03. The van der Waals surface area contributed by atoms with Crippen molar-refractivity contribution in [3.63, 3.8) is 0 Å². The maximum absolute atomic E-state index is 9.10. The molecule has 106 valence electrons. The van der Waals surface area contributed by atoms with Gasteiger partial charge in [-0.25, -0.2) is 0 Å². The van der Waals surface area contributed by atoms with Gasteiger partial charge >= 0.3 is 0 Å². The summed E-state index contributed by atoms with van der Waals surface area (Å²) in [6.07, 6.45) is 3.57. The van der Waals surface area contributed by atoms with Crippen LogP contribution >= 0.6 is 0 Å². The van der Waals surface area contributed by atoms with E-state index in [4.69, 9.17) is 9.84 Å². The second-order valence-electron chi connectivity index (χ2n) is 5.11. The fraction of sp³-hybridized carbons (Fsp3) is 0.333. The summed E-state index contributed by atoms with van der Waals surface area (Å²) in [6.45, 7) is 4.26. The molecule has 0 aliphatic heterocycles. The molecule has 2 nitrogen and oxygen atoms in total. The first kappa shape index (κ1) is 14.6. The molecule has 0 spiro atoms. The van der Waals surface area contributed by atoms with E-state index in [9.17, 15) is 0 Å². The Labute approximate surface area is 121 Å². The van der Waals surface area contributed by atoms with Gasteiger partial charge in [-0.15, -0.1) is 0 Å². The smallest absolute Gasteiger partial charge is 0.130 e. The van der Waals surface area contributed by atoms with E-state index < -0.39 is 0 Å². The van der Waals surface area contributed by atoms with Gasteiger partial charge in [0.05, 0.1) is 6.61 Å². The van der Waals surface area contributed by atoms with Crippen LogP contribution in [-0.4, -0.2) is 5.11 Å². The minimum absolute atomic E-state index is 0.0627. The quantitative estimate of drug-likeness (QED) is 0.829. The van der Waals surface area contributed by atoms with E-state index in [0.717, 1.165) is 29.0 Å². The number of aliphatic hydroxyl groups is 1. The fourth-order valence-electron chi connectivity index (χ4n) is 2.16. The van der Waals surface area contributed by atoms with Gasteiger partial charge in [0.2, 0.25) is 0 Å². The monoisotopic (exact) mass is 270 g/mol. The molecule has 0 aliphatic rings. The summed E-state index contributed by atoms with van der Waals surface area (Å²) < 4.78 is 5.89. The molecule has 0 fully saturated rings. The predicted octanol–water partition coefficient (Wildman–Crippen LogP) is 4.62. The van der Waals surface area contributed by atoms with Gasteiger partial charge in [0.25, 0.3) is 0 Å². The zero-order chi connectivity index (χ0) is 14.4. The molecular formula is C18H22O2. The van der Waals surface area contributed by atoms with Crippen molar-refractivity contribution in [2.24, 2.45) is 0 Å². The Morgan fingerprint density at radius 1 is 1.00 bits per heavy atom. The number of aliphatic hydroxyl groups excluding tert-OH is 1. The molecule has 0 saturated heterocycles. The van der Waals surface area contributed by atoms with Gasteiger partial charge in [0.15, 0.2) is 0 Å². The Kier molecular flexibility index (Phi) is 5.19. The fourth-order valence-corrected chi connectivity index (χ4v) is 2.16. The second-order valence-corrected chi connectivity index (χ2v) is 5.11. The highest BCUT2D eigenvalue weighted by atomic mass is 16.5. The number of aryl methyl sites for hydroxylation is 2. The van der Waals surface area contributed by atoms with E-state index in [0.29, 0.717) is 0 Å². The van der Waals surface area contributed by atoms with Crippen molar-refractivity contribution >= 4 is 0 Å². The van der Waals surface area contributed by atoms with Crippen LogP contribution in [0.2, 0.25) is 0 Å². The van der Waals surface area contributed by atoms with E-state index in [1.165, 1.54) is 18.4 Å². The minimum Gasteiger partial charge on any atom is -0.457 e. The van der Waals surface area contributed by atoms with Crippen molar-refractivity contribution in [3.8, 4) is 11.5 Å². The molecule has 2 aromatic rings. The summed E-state index contributed by atoms with van der Waals surface area (Å²) in [5.74, 6) is 1.69. The van der Waals surface area contributed by atoms with Gasteiger partial charge in [0, 0.05) is 0 Å². The van der Waals surface area contributed by atoms with Crippen molar-refractivity contribution < 1.29 is 9.84 Å². The average molecular weight is 270 g/mol. The molecule has 2 heteroatoms. The Morgan fingerprint density at radius 3 is 2.30 bits per heavy atom. The lowest BCUT2D eigenvalue weighted by Gasteiger charge is -2.10. The van der Waals surface area contributed by atoms with Gasteiger partial charge in [-0.2, -0.15) is 0 Å². The van der Waals surface area contributed by atoms with Gasteiger partial charge < -0.3 is 9.84 Å². The van der Waals surface area contributed by atoms with Gasteiger partial charge in [-0.3, -0.25) is 0 Å². The molecule has 0 radical (unpaired) electrons. The average Bonchev–Trinajstić information content (AvgIpc) is 2.48. The number of benzene rings is 2. The largest absolute Gasteiger partial charge is 0.457 e. The number of hydrogen-bond acceptors (Lipinski definition) is 2. The van der Waals surface area contributed by atoms with Crippen molar-refractivity contribution in [1.82, 2.24) is 0 Å². The molecule has 2 rings (SSSR count). The second kappa shape index (κ2) is 7.11. The number of ether oxygens (including phenoxy) is 1. The summed E-state index contributed by atoms with van der Waals surface area (Å²) in [6, 6.07) is 14.0. The highest BCUT2D eigenvalue weighted by Crippen LogP contribution is 2.26. The number of hydrogen-bond donors (Lipinski definition) is 1. The van der Waals surface area contributed by atoms with Crippen LogP contribution in [0.25, 0.3) is 0 Å². The third kappa shape index (κ3) is 3.84. The predicted molar refractivity (Wildman–Crippen MR) is 82.2 cm³/mol. The first-order valence-electron chi connectivity index (χ1n) is 7.20. The molecule has 20 heavy (non-hydrogen) atoms. The van der Waals surface area contributed by atoms with E-state index in [1.807, 2.05) is 37.3 Å². The summed E-state index contributed by atoms with van der Waals surface area (Å²) in [7, 11) is 0. The molecule has 0 saturated carbocycles. The van der Waals surface area contributed by atoms with E-state index >= 15 is 0 Å². The Hall–Kier alpha value is -1.80. The van der Waals surface area contributed by atoms with Crippen molar-refractivity contribution in [3.05, 3.63) is 59.2 Å². The van der Waals surface area contributed by atoms with Crippen LogP contribution in [0.5, 0.6) is 11.5 Å². The molecule has 0 atom stereocenters. The first-order chi connectivity index (χ1) is 9.72. The van der Waals surface area contributed by atoms with Crippen LogP contribution in [0, 0.1) is 6.92 Å². The SMILES string of the molecule is CCCCc1ccc(Oc2ccc(CO)cc2C)cc1. The zero-order valence-electron chi connectivity index (χ0n) is 12.2. The number of rotatable bonds is 6. The minimum atomic E-state index is 0.0627. The van der Waals surface area contributed by atoms with Crippen LogP contribution in [0.1, 0.15) is 36.5 Å². The van der Waals surface area contributed by atoms with E-state index in [1.54, 1.807) is 0 Å². The third-order valence-corrected chi connectivity index (χ3v) is 3.39. The van der Waals surface area contributed by atoms with E-state index in [2.05, 4.69) is 19.1 Å². The summed E-state index contributed by atoms with van der Waals surface area (Å²) in [5, 5.41) is 9.10. The van der Waals surface area contributed by atoms with Gasteiger partial charge in [0.1, 0.15) is 11.5 Å². The highest BCUT2D eigenvalue weighted by molar-refractivity contribution is 5.40. The molecule has 0 aromatic heterocycles. The molecular weight excluding hydrogens is 248 g/mol. The molecule has 2 aromatic carbocycles. The molecule has 0 heterocycles. The maximum Gasteiger partial charge on any atom is 0.130 e. The number of unbranched alkanes of at least 4 members (excludes halogenated alkanes) is 1. The van der Waals surface area contributed by atoms with Crippen LogP contribution in [0.3, 0.4) is 0 Å². The summed E-state index contributed by atoms with van der Waals surface area (Å²) >= 11 is 0. The van der Waals surface area contributed by atoms with Gasteiger partial charge in [-0.1, -0.05) is 37.6 Å². The summed E-state index contributed by atoms with van der Waals surface area (Å²) in [4.78, 5) is 0. The Bertz CT molecular complexity index is 544. The van der Waals surface area contributed by atoms with Crippen molar-refractivity contribution in [1.29, 1.82) is 0 Å². The van der Waals surface area contributed by atoms with E-state index in [-0.39, 0.29) is 6.61 Å². The van der Waals surface area contributed by atoms with Gasteiger partial charge in [-0.05, 0) is 54.7 Å².